The predicted octanol–water partition coefficient (Wildman–Crippen LogP) is 5.42. The predicted molar refractivity (Wildman–Crippen MR) is 103 cm³/mol. The summed E-state index contributed by atoms with van der Waals surface area (Å²) in [6.07, 6.45) is -4.24. The van der Waals surface area contributed by atoms with Crippen molar-refractivity contribution < 1.29 is 27.5 Å². The molecule has 0 N–H and O–H groups in total. The lowest BCUT2D eigenvalue weighted by molar-refractivity contribution is -0.148. The van der Waals surface area contributed by atoms with Gasteiger partial charge in [0.05, 0.1) is 5.56 Å². The first-order valence-electron chi connectivity index (χ1n) is 8.73. The molecule has 0 amide bonds. The maximum atomic E-state index is 13.0. The number of carbonyl (C=O) groups is 2. The van der Waals surface area contributed by atoms with Crippen molar-refractivity contribution in [3.05, 3.63) is 52.8 Å². The van der Waals surface area contributed by atoms with E-state index < -0.39 is 39.8 Å². The number of rotatable bonds is 5. The molecule has 2 aromatic rings. The first kappa shape index (κ1) is 21.7. The Morgan fingerprint density at radius 2 is 1.83 bits per heavy atom. The number of carbonyl (C=O) groups excluding carboxylic acids is 2. The normalized spacial score (nSPS) is 20.4. The van der Waals surface area contributed by atoms with Gasteiger partial charge in [-0.3, -0.25) is 9.59 Å². The highest BCUT2D eigenvalue weighted by Crippen LogP contribution is 2.64. The third-order valence-corrected chi connectivity index (χ3v) is 6.31. The summed E-state index contributed by atoms with van der Waals surface area (Å²) >= 11 is 11.9. The van der Waals surface area contributed by atoms with Gasteiger partial charge >= 0.3 is 12.1 Å². The van der Waals surface area contributed by atoms with Crippen LogP contribution in [0.2, 0.25) is 0 Å². The maximum absolute atomic E-state index is 13.0. The zero-order valence-corrected chi connectivity index (χ0v) is 17.4. The number of Topliss-reactive ketones (excluding diaryl/α,β-unsaturated/α-hetero) is 1. The summed E-state index contributed by atoms with van der Waals surface area (Å²) in [5.41, 5.74) is -0.267. The van der Waals surface area contributed by atoms with E-state index >= 15 is 0 Å². The van der Waals surface area contributed by atoms with Crippen molar-refractivity contribution in [3.8, 4) is 5.69 Å². The van der Waals surface area contributed by atoms with Crippen LogP contribution in [0.25, 0.3) is 5.69 Å². The van der Waals surface area contributed by atoms with Crippen LogP contribution < -0.4 is 0 Å². The van der Waals surface area contributed by atoms with Gasteiger partial charge in [0.25, 0.3) is 0 Å². The van der Waals surface area contributed by atoms with Crippen LogP contribution in [-0.4, -0.2) is 27.3 Å². The van der Waals surface area contributed by atoms with Crippen LogP contribution in [0.15, 0.2) is 30.3 Å². The minimum atomic E-state index is -4.48. The van der Waals surface area contributed by atoms with E-state index in [4.69, 9.17) is 27.9 Å². The molecule has 1 aromatic heterocycles. The molecule has 0 aliphatic heterocycles. The quantitative estimate of drug-likeness (QED) is 0.349. The van der Waals surface area contributed by atoms with E-state index in [9.17, 15) is 22.8 Å². The standard InChI is InChI=1S/C20H18Cl2F3NO3/c1-11-7-15(16(27)9-29-17(28)18(3)10-19(18,21)22)12(2)26(11)14-6-4-5-13(8-14)20(23,24)25/h4-8H,9-10H2,1-3H3. The summed E-state index contributed by atoms with van der Waals surface area (Å²) in [6.45, 7) is 4.34. The number of ether oxygens (including phenoxy) is 1. The van der Waals surface area contributed by atoms with Crippen LogP contribution in [0, 0.1) is 19.3 Å². The topological polar surface area (TPSA) is 48.3 Å². The fourth-order valence-corrected chi connectivity index (χ4v) is 3.94. The molecular weight excluding hydrogens is 430 g/mol. The number of ketones is 1. The molecule has 0 radical (unpaired) electrons. The minimum absolute atomic E-state index is 0.236. The molecule has 1 aromatic carbocycles. The molecule has 1 heterocycles. The average Bonchev–Trinajstić information content (AvgIpc) is 3.00. The fourth-order valence-electron chi connectivity index (χ4n) is 3.25. The Bertz CT molecular complexity index is 997. The monoisotopic (exact) mass is 447 g/mol. The number of benzene rings is 1. The highest BCUT2D eigenvalue weighted by atomic mass is 35.5. The van der Waals surface area contributed by atoms with Gasteiger partial charge in [0.2, 0.25) is 5.78 Å². The van der Waals surface area contributed by atoms with Crippen molar-refractivity contribution in [3.63, 3.8) is 0 Å². The van der Waals surface area contributed by atoms with Gasteiger partial charge in [-0.15, -0.1) is 23.2 Å². The highest BCUT2D eigenvalue weighted by molar-refractivity contribution is 6.53. The second-order valence-electron chi connectivity index (χ2n) is 7.38. The summed E-state index contributed by atoms with van der Waals surface area (Å²) in [5, 5.41) is 0. The zero-order chi connectivity index (χ0) is 21.8. The second-order valence-corrected chi connectivity index (χ2v) is 8.86. The second kappa shape index (κ2) is 7.06. The van der Waals surface area contributed by atoms with Crippen LogP contribution in [-0.2, 0) is 15.7 Å². The molecule has 29 heavy (non-hydrogen) atoms. The van der Waals surface area contributed by atoms with E-state index in [1.54, 1.807) is 31.4 Å². The SMILES string of the molecule is Cc1cc(C(=O)COC(=O)C2(C)CC2(Cl)Cl)c(C)n1-c1cccc(C(F)(F)F)c1. The van der Waals surface area contributed by atoms with Crippen LogP contribution in [0.4, 0.5) is 13.2 Å². The van der Waals surface area contributed by atoms with Gasteiger partial charge in [-0.2, -0.15) is 13.2 Å². The van der Waals surface area contributed by atoms with Crippen molar-refractivity contribution in [2.24, 2.45) is 5.41 Å². The summed E-state index contributed by atoms with van der Waals surface area (Å²) in [4.78, 5) is 24.7. The summed E-state index contributed by atoms with van der Waals surface area (Å²) in [5.74, 6) is -1.13. The van der Waals surface area contributed by atoms with Crippen molar-refractivity contribution in [2.75, 3.05) is 6.61 Å². The van der Waals surface area contributed by atoms with E-state index in [1.165, 1.54) is 12.1 Å². The van der Waals surface area contributed by atoms with Crippen molar-refractivity contribution >= 4 is 35.0 Å². The molecule has 0 spiro atoms. The van der Waals surface area contributed by atoms with Crippen LogP contribution >= 0.6 is 23.2 Å². The summed E-state index contributed by atoms with van der Waals surface area (Å²) < 4.78 is 44.5. The van der Waals surface area contributed by atoms with Gasteiger partial charge in [-0.25, -0.2) is 0 Å². The smallest absolute Gasteiger partial charge is 0.416 e. The third-order valence-electron chi connectivity index (χ3n) is 5.21. The van der Waals surface area contributed by atoms with Crippen molar-refractivity contribution in [1.82, 2.24) is 4.57 Å². The van der Waals surface area contributed by atoms with Gasteiger partial charge in [-0.05, 0) is 45.0 Å². The first-order valence-corrected chi connectivity index (χ1v) is 9.48. The van der Waals surface area contributed by atoms with E-state index in [0.29, 0.717) is 11.4 Å². The van der Waals surface area contributed by atoms with E-state index in [0.717, 1.165) is 12.1 Å². The maximum Gasteiger partial charge on any atom is 0.416 e. The molecule has 1 aliphatic carbocycles. The Morgan fingerprint density at radius 1 is 1.21 bits per heavy atom. The van der Waals surface area contributed by atoms with Gasteiger partial charge < -0.3 is 9.30 Å². The Kier molecular flexibility index (Phi) is 5.28. The summed E-state index contributed by atoms with van der Waals surface area (Å²) in [6, 6.07) is 6.38. The van der Waals surface area contributed by atoms with E-state index in [-0.39, 0.29) is 17.7 Å². The van der Waals surface area contributed by atoms with Crippen LogP contribution in [0.5, 0.6) is 0 Å². The number of esters is 1. The Balaban J connectivity index is 1.81. The molecule has 1 fully saturated rings. The minimum Gasteiger partial charge on any atom is -0.457 e. The molecule has 1 saturated carbocycles. The number of nitrogens with zero attached hydrogens (tertiary/aromatic N) is 1. The van der Waals surface area contributed by atoms with Crippen molar-refractivity contribution in [2.45, 2.75) is 37.7 Å². The van der Waals surface area contributed by atoms with Crippen LogP contribution in [0.3, 0.4) is 0 Å². The summed E-state index contributed by atoms with van der Waals surface area (Å²) in [7, 11) is 0. The van der Waals surface area contributed by atoms with Gasteiger partial charge in [0.1, 0.15) is 9.75 Å². The molecule has 0 bridgehead atoms. The number of aromatic nitrogens is 1. The molecule has 3 rings (SSSR count). The lowest BCUT2D eigenvalue weighted by Crippen LogP contribution is -2.24. The van der Waals surface area contributed by atoms with Gasteiger partial charge in [0, 0.05) is 29.1 Å². The Morgan fingerprint density at radius 3 is 2.38 bits per heavy atom. The van der Waals surface area contributed by atoms with Crippen molar-refractivity contribution in [1.29, 1.82) is 0 Å². The number of halogens is 5. The van der Waals surface area contributed by atoms with E-state index in [2.05, 4.69) is 0 Å². The largest absolute Gasteiger partial charge is 0.457 e. The molecule has 0 saturated heterocycles. The lowest BCUT2D eigenvalue weighted by Gasteiger charge is -2.13. The van der Waals surface area contributed by atoms with Gasteiger partial charge in [0.15, 0.2) is 6.61 Å². The number of hydrogen-bond donors (Lipinski definition) is 0. The highest BCUT2D eigenvalue weighted by Gasteiger charge is 2.69. The number of hydrogen-bond acceptors (Lipinski definition) is 3. The van der Waals surface area contributed by atoms with Gasteiger partial charge in [-0.1, -0.05) is 6.07 Å². The lowest BCUT2D eigenvalue weighted by atomic mass is 10.1. The molecule has 1 aliphatic rings. The Labute approximate surface area is 175 Å². The zero-order valence-electron chi connectivity index (χ0n) is 15.9. The van der Waals surface area contributed by atoms with E-state index in [1.807, 2.05) is 0 Å². The first-order chi connectivity index (χ1) is 13.3. The van der Waals surface area contributed by atoms with Crippen LogP contribution in [0.1, 0.15) is 40.7 Å². The average molecular weight is 448 g/mol. The number of alkyl halides is 5. The molecule has 156 valence electrons. The molecule has 1 atom stereocenters. The molecule has 1 unspecified atom stereocenters. The molecule has 9 heteroatoms. The molecule has 4 nitrogen and oxygen atoms in total. The number of aryl methyl sites for hydroxylation is 1. The molecular formula is C20H18Cl2F3NO3. The Hall–Kier alpha value is -1.99. The third kappa shape index (κ3) is 3.90. The fraction of sp³-hybridized carbons (Fsp3) is 0.400.